The molecule has 1 rings (SSSR count). The Hall–Kier alpha value is -1.52. The van der Waals surface area contributed by atoms with Crippen molar-refractivity contribution < 1.29 is 4.76 Å². The maximum Gasteiger partial charge on any atom is 0.248 e. The summed E-state index contributed by atoms with van der Waals surface area (Å²) in [6, 6.07) is 0. The molecule has 14 heavy (non-hydrogen) atoms. The molecule has 0 aliphatic carbocycles. The largest absolute Gasteiger partial charge is 0.279 e. The van der Waals surface area contributed by atoms with Gasteiger partial charge < -0.3 is 0 Å². The first-order valence-electron chi connectivity index (χ1n) is 4.75. The van der Waals surface area contributed by atoms with Crippen molar-refractivity contribution in [1.29, 1.82) is 0 Å². The van der Waals surface area contributed by atoms with Gasteiger partial charge in [-0.1, -0.05) is 5.22 Å². The smallest absolute Gasteiger partial charge is 0.248 e. The summed E-state index contributed by atoms with van der Waals surface area (Å²) in [6.45, 7) is 6.04. The molecule has 0 aromatic rings. The molecule has 0 saturated carbocycles. The fourth-order valence-corrected chi connectivity index (χ4v) is 1.04. The van der Waals surface area contributed by atoms with Crippen LogP contribution >= 0.6 is 0 Å². The number of hydrogen-bond donors (Lipinski definition) is 0. The van der Waals surface area contributed by atoms with Gasteiger partial charge in [-0.15, -0.1) is 5.11 Å². The summed E-state index contributed by atoms with van der Waals surface area (Å²) in [5, 5.41) is 9.77. The first-order chi connectivity index (χ1) is 6.76. The van der Waals surface area contributed by atoms with Crippen LogP contribution < -0.4 is 0 Å². The quantitative estimate of drug-likeness (QED) is 0.390. The molecule has 1 aliphatic heterocycles. The molecular formula is C9H15N4O+. The van der Waals surface area contributed by atoms with Crippen LogP contribution in [-0.4, -0.2) is 29.4 Å². The van der Waals surface area contributed by atoms with Gasteiger partial charge in [-0.3, -0.25) is 5.01 Å². The highest BCUT2D eigenvalue weighted by atomic mass is 16.3. The molecule has 0 unspecified atom stereocenters. The second-order valence-corrected chi connectivity index (χ2v) is 2.88. The summed E-state index contributed by atoms with van der Waals surface area (Å²) in [5.74, 6) is 0. The van der Waals surface area contributed by atoms with Crippen LogP contribution in [0.15, 0.2) is 34.4 Å². The van der Waals surface area contributed by atoms with Gasteiger partial charge in [0.1, 0.15) is 0 Å². The first-order valence-corrected chi connectivity index (χ1v) is 4.75. The van der Waals surface area contributed by atoms with Crippen LogP contribution in [0.5, 0.6) is 0 Å². The molecule has 1 aliphatic rings. The van der Waals surface area contributed by atoms with Crippen molar-refractivity contribution in [2.24, 2.45) is 10.3 Å². The molecule has 76 valence electrons. The maximum absolute atomic E-state index is 10.9. The number of nitroso groups, excluding NO2 is 1. The highest BCUT2D eigenvalue weighted by molar-refractivity contribution is 5.15. The summed E-state index contributed by atoms with van der Waals surface area (Å²) >= 11 is 0. The summed E-state index contributed by atoms with van der Waals surface area (Å²) in [6.07, 6.45) is 5.00. The van der Waals surface area contributed by atoms with Crippen molar-refractivity contribution in [3.05, 3.63) is 29.0 Å². The fourth-order valence-electron chi connectivity index (χ4n) is 1.04. The van der Waals surface area contributed by atoms with Crippen molar-refractivity contribution in [2.45, 2.75) is 13.8 Å². The van der Waals surface area contributed by atoms with Crippen molar-refractivity contribution in [2.75, 3.05) is 19.6 Å². The molecule has 0 atom stereocenters. The van der Waals surface area contributed by atoms with Crippen LogP contribution in [0.2, 0.25) is 0 Å². The van der Waals surface area contributed by atoms with Gasteiger partial charge in [0.25, 0.3) is 0 Å². The lowest BCUT2D eigenvalue weighted by atomic mass is 10.3. The van der Waals surface area contributed by atoms with E-state index < -0.39 is 0 Å². The Balaban J connectivity index is 2.59. The van der Waals surface area contributed by atoms with Crippen LogP contribution in [-0.2, 0) is 0 Å². The minimum atomic E-state index is 0.393. The van der Waals surface area contributed by atoms with Gasteiger partial charge in [-0.2, -0.15) is 0 Å². The minimum absolute atomic E-state index is 0.393. The topological polar surface area (TPSA) is 48.0 Å². The second kappa shape index (κ2) is 5.26. The molecule has 0 N–H and O–H groups in total. The molecule has 5 nitrogen and oxygen atoms in total. The Kier molecular flexibility index (Phi) is 3.97. The third-order valence-electron chi connectivity index (χ3n) is 1.87. The molecule has 1 heterocycles. The summed E-state index contributed by atoms with van der Waals surface area (Å²) in [4.78, 5) is 10.9. The van der Waals surface area contributed by atoms with E-state index in [2.05, 4.69) is 10.3 Å². The van der Waals surface area contributed by atoms with Gasteiger partial charge >= 0.3 is 0 Å². The third-order valence-corrected chi connectivity index (χ3v) is 1.87. The van der Waals surface area contributed by atoms with E-state index in [9.17, 15) is 4.91 Å². The van der Waals surface area contributed by atoms with Crippen LogP contribution in [0.3, 0.4) is 0 Å². The van der Waals surface area contributed by atoms with Gasteiger partial charge in [0.15, 0.2) is 5.70 Å². The van der Waals surface area contributed by atoms with E-state index in [1.54, 1.807) is 12.2 Å². The first kappa shape index (κ1) is 10.6. The predicted octanol–water partition coefficient (Wildman–Crippen LogP) is 1.89. The van der Waals surface area contributed by atoms with Gasteiger partial charge in [-0.05, 0) is 26.0 Å². The molecule has 5 heteroatoms. The monoisotopic (exact) mass is 195 g/mol. The Morgan fingerprint density at radius 1 is 1.50 bits per heavy atom. The van der Waals surface area contributed by atoms with Gasteiger partial charge in [-0.25, -0.2) is 0 Å². The van der Waals surface area contributed by atoms with Crippen molar-refractivity contribution in [1.82, 2.24) is 5.01 Å². The molecule has 0 spiro atoms. The lowest BCUT2D eigenvalue weighted by Crippen LogP contribution is -2.15. The van der Waals surface area contributed by atoms with E-state index in [0.717, 1.165) is 17.8 Å². The van der Waals surface area contributed by atoms with Gasteiger partial charge in [0.05, 0.1) is 0 Å². The van der Waals surface area contributed by atoms with E-state index in [1.807, 2.05) is 18.9 Å². The van der Waals surface area contributed by atoms with E-state index >= 15 is 0 Å². The molecule has 0 saturated heterocycles. The van der Waals surface area contributed by atoms with Crippen molar-refractivity contribution >= 4 is 0 Å². The molecule has 0 radical (unpaired) electrons. The zero-order chi connectivity index (χ0) is 10.4. The number of nitrogens with zero attached hydrogens (tertiary/aromatic N) is 4. The average molecular weight is 195 g/mol. The highest BCUT2D eigenvalue weighted by Crippen LogP contribution is 2.06. The summed E-state index contributed by atoms with van der Waals surface area (Å²) < 4.78 is 0.830. The third kappa shape index (κ3) is 3.08. The molecule has 0 aromatic carbocycles. The SMILES string of the molecule is CCN(CC)N=NC1=C[N+](=O)CC=C1. The minimum Gasteiger partial charge on any atom is -0.279 e. The zero-order valence-corrected chi connectivity index (χ0v) is 8.55. The number of rotatable bonds is 4. The standard InChI is InChI=1S/C9H15N4O/c1-3-12(4-2)11-10-9-6-5-7-13(14)8-9/h5-6,8H,3-4,7H2,1-2H3/q+1. The van der Waals surface area contributed by atoms with E-state index in [0.29, 0.717) is 12.2 Å². The van der Waals surface area contributed by atoms with Crippen LogP contribution in [0, 0.1) is 4.91 Å². The van der Waals surface area contributed by atoms with Crippen LogP contribution in [0.4, 0.5) is 0 Å². The van der Waals surface area contributed by atoms with Crippen molar-refractivity contribution in [3.8, 4) is 0 Å². The Labute approximate surface area is 83.4 Å². The van der Waals surface area contributed by atoms with E-state index in [-0.39, 0.29) is 0 Å². The Morgan fingerprint density at radius 3 is 2.79 bits per heavy atom. The number of hydrogen-bond acceptors (Lipinski definition) is 3. The summed E-state index contributed by atoms with van der Waals surface area (Å²) in [5.41, 5.74) is 0.596. The van der Waals surface area contributed by atoms with E-state index in [1.165, 1.54) is 6.20 Å². The summed E-state index contributed by atoms with van der Waals surface area (Å²) in [7, 11) is 0. The zero-order valence-electron chi connectivity index (χ0n) is 8.55. The molecule has 0 bridgehead atoms. The van der Waals surface area contributed by atoms with Crippen molar-refractivity contribution in [3.63, 3.8) is 0 Å². The molecule has 0 aromatic heterocycles. The fraction of sp³-hybridized carbons (Fsp3) is 0.556. The lowest BCUT2D eigenvalue weighted by Gasteiger charge is -2.10. The Bertz CT molecular complexity index is 289. The van der Waals surface area contributed by atoms with E-state index in [4.69, 9.17) is 0 Å². The lowest BCUT2D eigenvalue weighted by molar-refractivity contribution is -0.470. The van der Waals surface area contributed by atoms with Crippen LogP contribution in [0.25, 0.3) is 0 Å². The van der Waals surface area contributed by atoms with Gasteiger partial charge in [0, 0.05) is 22.8 Å². The Morgan fingerprint density at radius 2 is 2.21 bits per heavy atom. The second-order valence-electron chi connectivity index (χ2n) is 2.88. The van der Waals surface area contributed by atoms with Gasteiger partial charge in [0.2, 0.25) is 12.7 Å². The molecular weight excluding hydrogens is 180 g/mol. The van der Waals surface area contributed by atoms with Crippen LogP contribution in [0.1, 0.15) is 13.8 Å². The normalized spacial score (nSPS) is 16.1. The number of allylic oxidation sites excluding steroid dienone is 1. The molecule has 0 amide bonds. The maximum atomic E-state index is 10.9. The highest BCUT2D eigenvalue weighted by Gasteiger charge is 2.09. The average Bonchev–Trinajstić information content (AvgIpc) is 2.19. The predicted molar refractivity (Wildman–Crippen MR) is 53.5 cm³/mol. The molecule has 0 fully saturated rings.